The van der Waals surface area contributed by atoms with E-state index in [2.05, 4.69) is 56.4 Å². The lowest BCUT2D eigenvalue weighted by Crippen LogP contribution is -1.98. The van der Waals surface area contributed by atoms with E-state index < -0.39 is 0 Å². The molecule has 0 aliphatic rings. The maximum absolute atomic E-state index is 10.6. The molecule has 0 aliphatic carbocycles. The minimum Gasteiger partial charge on any atom is -0.466 e. The van der Waals surface area contributed by atoms with Crippen molar-refractivity contribution < 1.29 is 19.1 Å². The molecule has 0 unspecified atom stereocenters. The Kier molecular flexibility index (Phi) is 40.9. The molecule has 0 N–H and O–H groups in total. The first-order chi connectivity index (χ1) is 21.5. The average molecular weight is 617 g/mol. The Balaban J connectivity index is 0. The van der Waals surface area contributed by atoms with E-state index in [1.54, 1.807) is 0 Å². The van der Waals surface area contributed by atoms with Gasteiger partial charge in [0.25, 0.3) is 0 Å². The highest BCUT2D eigenvalue weighted by Crippen LogP contribution is 2.11. The number of carbonyl (C=O) groups is 2. The molecule has 0 rings (SSSR count). The first-order valence-electron chi connectivity index (χ1n) is 18.4. The van der Waals surface area contributed by atoms with E-state index >= 15 is 0 Å². The first-order valence-corrected chi connectivity index (χ1v) is 18.4. The molecule has 44 heavy (non-hydrogen) atoms. The summed E-state index contributed by atoms with van der Waals surface area (Å²) in [6.45, 7) is 8.31. The van der Waals surface area contributed by atoms with Crippen LogP contribution in [0.15, 0.2) is 48.6 Å². The van der Waals surface area contributed by atoms with Crippen molar-refractivity contribution in [2.24, 2.45) is 0 Å². The number of ether oxygens (including phenoxy) is 2. The minimum absolute atomic E-state index is 0.190. The maximum atomic E-state index is 10.6. The standard InChI is InChI=1S/2C20H36O2/c2*1-3-4-5-6-7-8-9-10-11-12-13-14-15-16-17-18-19-22-20(2)21/h6-7,17-18H,3-5,8-16,19H2,1-2H3;6-7,16-17H,3-5,8-15,18-19H2,1-2H3/b7-6+,18-17+;7-6-,17-16-. The third-order valence-corrected chi connectivity index (χ3v) is 7.32. The summed E-state index contributed by atoms with van der Waals surface area (Å²) in [5.41, 5.74) is 0. The van der Waals surface area contributed by atoms with Gasteiger partial charge in [-0.1, -0.05) is 146 Å². The second-order valence-corrected chi connectivity index (χ2v) is 11.9. The summed E-state index contributed by atoms with van der Waals surface area (Å²) in [7, 11) is 0. The number of allylic oxidation sites excluding steroid dienone is 6. The zero-order valence-electron chi connectivity index (χ0n) is 29.6. The van der Waals surface area contributed by atoms with Crippen LogP contribution in [-0.2, 0) is 19.1 Å². The summed E-state index contributed by atoms with van der Waals surface area (Å²) in [4.78, 5) is 21.1. The van der Waals surface area contributed by atoms with Crippen LogP contribution in [0.1, 0.15) is 182 Å². The Morgan fingerprint density at radius 1 is 0.386 bits per heavy atom. The van der Waals surface area contributed by atoms with Gasteiger partial charge in [-0.25, -0.2) is 0 Å². The van der Waals surface area contributed by atoms with E-state index in [0.717, 1.165) is 19.3 Å². The van der Waals surface area contributed by atoms with Crippen LogP contribution >= 0.6 is 0 Å². The molecule has 0 aromatic carbocycles. The fraction of sp³-hybridized carbons (Fsp3) is 0.750. The van der Waals surface area contributed by atoms with Gasteiger partial charge >= 0.3 is 11.9 Å². The number of carbonyl (C=O) groups excluding carboxylic acids is 2. The van der Waals surface area contributed by atoms with Gasteiger partial charge in [0, 0.05) is 13.8 Å². The molecular formula is C40H72O4. The molecule has 4 nitrogen and oxygen atoms in total. The van der Waals surface area contributed by atoms with Gasteiger partial charge in [0.2, 0.25) is 0 Å². The minimum atomic E-state index is -0.207. The fourth-order valence-corrected chi connectivity index (χ4v) is 4.61. The highest BCUT2D eigenvalue weighted by atomic mass is 16.5. The quantitative estimate of drug-likeness (QED) is 0.0457. The second-order valence-electron chi connectivity index (χ2n) is 11.9. The summed E-state index contributed by atoms with van der Waals surface area (Å²) >= 11 is 0. The molecular weight excluding hydrogens is 544 g/mol. The molecule has 0 amide bonds. The van der Waals surface area contributed by atoms with Crippen molar-refractivity contribution in [3.8, 4) is 0 Å². The molecule has 0 aliphatic heterocycles. The van der Waals surface area contributed by atoms with Crippen molar-refractivity contribution in [2.45, 2.75) is 182 Å². The Labute approximate surface area is 274 Å². The highest BCUT2D eigenvalue weighted by molar-refractivity contribution is 5.66. The van der Waals surface area contributed by atoms with Gasteiger partial charge < -0.3 is 9.47 Å². The third kappa shape index (κ3) is 46.8. The Hall–Kier alpha value is -2.10. The van der Waals surface area contributed by atoms with Gasteiger partial charge in [0.15, 0.2) is 0 Å². The highest BCUT2D eigenvalue weighted by Gasteiger charge is 1.93. The first kappa shape index (κ1) is 44.0. The Morgan fingerprint density at radius 3 is 1.02 bits per heavy atom. The lowest BCUT2D eigenvalue weighted by atomic mass is 10.1. The number of hydrogen-bond acceptors (Lipinski definition) is 4. The lowest BCUT2D eigenvalue weighted by molar-refractivity contribution is -0.141. The Bertz CT molecular complexity index is 704. The average Bonchev–Trinajstić information content (AvgIpc) is 3.00. The van der Waals surface area contributed by atoms with Crippen LogP contribution in [0.25, 0.3) is 0 Å². The second kappa shape index (κ2) is 40.9. The molecule has 0 atom stereocenters. The largest absolute Gasteiger partial charge is 0.466 e. The summed E-state index contributed by atoms with van der Waals surface area (Å²) in [6.07, 6.45) is 48.6. The molecule has 0 spiro atoms. The van der Waals surface area contributed by atoms with Crippen molar-refractivity contribution in [1.82, 2.24) is 0 Å². The van der Waals surface area contributed by atoms with E-state index in [0.29, 0.717) is 13.2 Å². The van der Waals surface area contributed by atoms with Crippen LogP contribution in [0.3, 0.4) is 0 Å². The number of hydrogen-bond donors (Lipinski definition) is 0. The Morgan fingerprint density at radius 2 is 0.682 bits per heavy atom. The molecule has 0 saturated heterocycles. The van der Waals surface area contributed by atoms with Gasteiger partial charge in [0.1, 0.15) is 6.61 Å². The number of rotatable bonds is 30. The molecule has 0 heterocycles. The van der Waals surface area contributed by atoms with Crippen LogP contribution in [0.4, 0.5) is 0 Å². The van der Waals surface area contributed by atoms with Crippen molar-refractivity contribution >= 4 is 11.9 Å². The molecule has 0 aromatic heterocycles. The molecule has 0 aromatic rings. The van der Waals surface area contributed by atoms with E-state index in [1.165, 1.54) is 149 Å². The van der Waals surface area contributed by atoms with Gasteiger partial charge in [-0.15, -0.1) is 0 Å². The molecule has 4 heteroatoms. The fourth-order valence-electron chi connectivity index (χ4n) is 4.61. The van der Waals surface area contributed by atoms with Gasteiger partial charge in [-0.3, -0.25) is 9.59 Å². The summed E-state index contributed by atoms with van der Waals surface area (Å²) in [5, 5.41) is 0. The number of unbranched alkanes of at least 4 members (excludes halogenated alkanes) is 19. The van der Waals surface area contributed by atoms with Gasteiger partial charge in [-0.2, -0.15) is 0 Å². The SMILES string of the molecule is CCCC/C=C/CCCCCCCCC/C=C/COC(C)=O.CCCC/C=C\CCCCCCCC/C=C\CCOC(C)=O. The topological polar surface area (TPSA) is 52.6 Å². The predicted octanol–water partition coefficient (Wildman–Crippen LogP) is 12.7. The van der Waals surface area contributed by atoms with Crippen molar-refractivity contribution in [2.75, 3.05) is 13.2 Å². The van der Waals surface area contributed by atoms with Crippen LogP contribution in [0, 0.1) is 0 Å². The van der Waals surface area contributed by atoms with E-state index in [9.17, 15) is 9.59 Å². The zero-order valence-corrected chi connectivity index (χ0v) is 29.6. The van der Waals surface area contributed by atoms with E-state index in [1.807, 2.05) is 6.08 Å². The monoisotopic (exact) mass is 617 g/mol. The predicted molar refractivity (Wildman–Crippen MR) is 192 cm³/mol. The van der Waals surface area contributed by atoms with Crippen LogP contribution in [0.2, 0.25) is 0 Å². The van der Waals surface area contributed by atoms with Crippen LogP contribution in [0.5, 0.6) is 0 Å². The lowest BCUT2D eigenvalue weighted by Gasteiger charge is -2.00. The van der Waals surface area contributed by atoms with Crippen molar-refractivity contribution in [1.29, 1.82) is 0 Å². The van der Waals surface area contributed by atoms with E-state index in [4.69, 9.17) is 9.47 Å². The molecule has 0 bridgehead atoms. The summed E-state index contributed by atoms with van der Waals surface area (Å²) < 4.78 is 9.70. The van der Waals surface area contributed by atoms with Crippen molar-refractivity contribution in [3.63, 3.8) is 0 Å². The van der Waals surface area contributed by atoms with Gasteiger partial charge in [-0.05, 0) is 70.6 Å². The zero-order chi connectivity index (χ0) is 32.6. The third-order valence-electron chi connectivity index (χ3n) is 7.32. The summed E-state index contributed by atoms with van der Waals surface area (Å²) in [6, 6.07) is 0. The number of esters is 2. The maximum Gasteiger partial charge on any atom is 0.302 e. The van der Waals surface area contributed by atoms with Crippen LogP contribution < -0.4 is 0 Å². The molecule has 0 fully saturated rings. The summed E-state index contributed by atoms with van der Waals surface area (Å²) in [5.74, 6) is -0.397. The molecule has 0 radical (unpaired) electrons. The normalized spacial score (nSPS) is 11.5. The smallest absolute Gasteiger partial charge is 0.302 e. The van der Waals surface area contributed by atoms with Crippen molar-refractivity contribution in [3.05, 3.63) is 48.6 Å². The van der Waals surface area contributed by atoms with E-state index in [-0.39, 0.29) is 11.9 Å². The molecule has 256 valence electrons. The van der Waals surface area contributed by atoms with Crippen LogP contribution in [-0.4, -0.2) is 25.2 Å². The van der Waals surface area contributed by atoms with Gasteiger partial charge in [0.05, 0.1) is 6.61 Å². The molecule has 0 saturated carbocycles.